The van der Waals surface area contributed by atoms with Gasteiger partial charge in [0.2, 0.25) is 11.7 Å². The van der Waals surface area contributed by atoms with Crippen molar-refractivity contribution in [3.63, 3.8) is 0 Å². The summed E-state index contributed by atoms with van der Waals surface area (Å²) in [5, 5.41) is 57.4. The van der Waals surface area contributed by atoms with Crippen molar-refractivity contribution in [2.24, 2.45) is 22.7 Å². The van der Waals surface area contributed by atoms with E-state index >= 15 is 4.39 Å². The van der Waals surface area contributed by atoms with Gasteiger partial charge in [0.15, 0.2) is 23.7 Å². The summed E-state index contributed by atoms with van der Waals surface area (Å²) < 4.78 is 22.2. The van der Waals surface area contributed by atoms with Gasteiger partial charge in [0, 0.05) is 29.7 Å². The molecule has 9 atom stereocenters. The molecule has 49 heavy (non-hydrogen) atoms. The maximum atomic E-state index is 17.2. The van der Waals surface area contributed by atoms with Crippen LogP contribution in [-0.2, 0) is 28.8 Å². The molecule has 2 saturated carbocycles. The molecule has 0 aromatic rings. The Kier molecular flexibility index (Phi) is 11.0. The molecule has 2 amide bonds. The number of allylic oxidation sites excluding steroid dienone is 4. The number of carbonyl (C=O) groups excluding carboxylic acids is 4. The van der Waals surface area contributed by atoms with E-state index in [0.717, 1.165) is 0 Å². The van der Waals surface area contributed by atoms with Crippen LogP contribution < -0.4 is 10.6 Å². The summed E-state index contributed by atoms with van der Waals surface area (Å²) in [6.07, 6.45) is -1.00. The lowest BCUT2D eigenvalue weighted by atomic mass is 9.45. The Balaban J connectivity index is 1.27. The molecular weight excluding hydrogens is 659 g/mol. The average Bonchev–Trinajstić information content (AvgIpc) is 3.23. The maximum Gasteiger partial charge on any atom is 0.408 e. The number of hydrogen-bond donors (Lipinski definition) is 5. The number of ketones is 2. The standard InChI is InChI=1S/C30H41FN4O14/c1-27-9-8-18(36)11-17(27)6-7-20-21-12-22(37)30(42,28(21,2)13-23(38)29(20,27)31)24(39)16-47-26(41)33-14-25(40)32-10-4-3-5-19(49-35(45)46)15-48-34(43)44/h6,8-9,19-23,37-38,42H,3-5,7,10-16H2,1-2H3,(H,32,40)(H,33,41)/t19?,20-,21-,22+,23-,27-,28-,29-,30-/m0/s1. The van der Waals surface area contributed by atoms with E-state index in [4.69, 9.17) is 4.74 Å². The van der Waals surface area contributed by atoms with E-state index in [0.29, 0.717) is 12.0 Å². The Morgan fingerprint density at radius 1 is 1.10 bits per heavy atom. The highest BCUT2D eigenvalue weighted by Crippen LogP contribution is 2.69. The van der Waals surface area contributed by atoms with Crippen LogP contribution in [0.4, 0.5) is 9.18 Å². The number of ether oxygens (including phenoxy) is 1. The van der Waals surface area contributed by atoms with Crippen molar-refractivity contribution < 1.29 is 63.5 Å². The van der Waals surface area contributed by atoms with Gasteiger partial charge in [-0.25, -0.2) is 9.18 Å². The molecule has 0 heterocycles. The van der Waals surface area contributed by atoms with E-state index in [1.54, 1.807) is 13.0 Å². The van der Waals surface area contributed by atoms with Crippen molar-refractivity contribution in [1.82, 2.24) is 10.6 Å². The fourth-order valence-electron chi connectivity index (χ4n) is 8.30. The lowest BCUT2D eigenvalue weighted by molar-refractivity contribution is -0.790. The zero-order valence-electron chi connectivity index (χ0n) is 27.0. The number of aliphatic hydroxyl groups excluding tert-OH is 2. The predicted octanol–water partition coefficient (Wildman–Crippen LogP) is 0.426. The number of fused-ring (bicyclic) bond motifs is 5. The molecule has 4 aliphatic rings. The summed E-state index contributed by atoms with van der Waals surface area (Å²) in [5.41, 5.74) is -7.00. The number of rotatable bonds is 15. The van der Waals surface area contributed by atoms with Crippen LogP contribution in [0, 0.1) is 42.9 Å². The summed E-state index contributed by atoms with van der Waals surface area (Å²) >= 11 is 0. The molecule has 2 fully saturated rings. The number of alkyl halides is 1. The van der Waals surface area contributed by atoms with Crippen LogP contribution in [0.15, 0.2) is 23.8 Å². The minimum atomic E-state index is -2.50. The van der Waals surface area contributed by atoms with Crippen molar-refractivity contribution in [3.8, 4) is 0 Å². The molecular formula is C30H41FN4O14. The van der Waals surface area contributed by atoms with Gasteiger partial charge in [-0.15, -0.1) is 20.2 Å². The van der Waals surface area contributed by atoms with E-state index < -0.39 is 106 Å². The van der Waals surface area contributed by atoms with E-state index in [9.17, 15) is 54.7 Å². The number of Topliss-reactive ketones (excluding diaryl/α,β-unsaturated/α-hetero) is 1. The monoisotopic (exact) mass is 700 g/mol. The lowest BCUT2D eigenvalue weighted by Gasteiger charge is -2.61. The third-order valence-corrected chi connectivity index (χ3v) is 10.9. The van der Waals surface area contributed by atoms with E-state index in [1.165, 1.54) is 19.1 Å². The maximum absolute atomic E-state index is 17.2. The number of carbonyl (C=O) groups is 4. The highest BCUT2D eigenvalue weighted by Gasteiger charge is 2.76. The van der Waals surface area contributed by atoms with Gasteiger partial charge in [-0.3, -0.25) is 14.4 Å². The number of nitrogens with one attached hydrogen (secondary N) is 2. The van der Waals surface area contributed by atoms with Crippen LogP contribution in [0.25, 0.3) is 0 Å². The third-order valence-electron chi connectivity index (χ3n) is 10.9. The molecule has 5 N–H and O–H groups in total. The smallest absolute Gasteiger partial charge is 0.408 e. The van der Waals surface area contributed by atoms with Crippen molar-refractivity contribution in [2.45, 2.75) is 88.4 Å². The molecule has 0 aliphatic heterocycles. The summed E-state index contributed by atoms with van der Waals surface area (Å²) in [7, 11) is 0. The minimum absolute atomic E-state index is 0.0156. The Morgan fingerprint density at radius 3 is 2.49 bits per heavy atom. The number of alkyl carbamates (subject to hydrolysis) is 1. The second-order valence-corrected chi connectivity index (χ2v) is 13.4. The molecule has 0 saturated heterocycles. The zero-order valence-corrected chi connectivity index (χ0v) is 27.0. The van der Waals surface area contributed by atoms with Crippen LogP contribution in [0.3, 0.4) is 0 Å². The van der Waals surface area contributed by atoms with Gasteiger partial charge in [0.25, 0.3) is 10.2 Å². The quantitative estimate of drug-likeness (QED) is 0.0671. The Bertz CT molecular complexity index is 1430. The molecule has 0 aromatic heterocycles. The van der Waals surface area contributed by atoms with Crippen molar-refractivity contribution in [3.05, 3.63) is 44.0 Å². The first-order chi connectivity index (χ1) is 22.9. The minimum Gasteiger partial charge on any atom is -0.441 e. The van der Waals surface area contributed by atoms with Gasteiger partial charge in [-0.2, -0.15) is 0 Å². The summed E-state index contributed by atoms with van der Waals surface area (Å²) in [4.78, 5) is 79.1. The molecule has 0 spiro atoms. The number of nitrogens with zero attached hydrogens (tertiary/aromatic N) is 2. The lowest BCUT2D eigenvalue weighted by Crippen LogP contribution is -2.69. The van der Waals surface area contributed by atoms with Crippen LogP contribution in [0.5, 0.6) is 0 Å². The molecule has 4 aliphatic carbocycles. The van der Waals surface area contributed by atoms with E-state index in [-0.39, 0.29) is 44.4 Å². The number of amides is 2. The van der Waals surface area contributed by atoms with Crippen LogP contribution >= 0.6 is 0 Å². The second-order valence-electron chi connectivity index (χ2n) is 13.4. The topological polar surface area (TPSA) is 267 Å². The van der Waals surface area contributed by atoms with Gasteiger partial charge in [-0.05, 0) is 57.4 Å². The van der Waals surface area contributed by atoms with Crippen LogP contribution in [0.1, 0.15) is 58.8 Å². The third kappa shape index (κ3) is 6.96. The molecule has 0 aromatic carbocycles. The number of hydrogen-bond acceptors (Lipinski definition) is 14. The number of aliphatic hydroxyl groups is 3. The van der Waals surface area contributed by atoms with Crippen LogP contribution in [-0.4, -0.2) is 105 Å². The van der Waals surface area contributed by atoms with Gasteiger partial charge in [0.05, 0.1) is 18.8 Å². The van der Waals surface area contributed by atoms with Gasteiger partial charge < -0.3 is 40.4 Å². The van der Waals surface area contributed by atoms with Crippen molar-refractivity contribution in [1.29, 1.82) is 0 Å². The summed E-state index contributed by atoms with van der Waals surface area (Å²) in [5.74, 6) is -3.57. The highest BCUT2D eigenvalue weighted by molar-refractivity contribution is 5.94. The molecule has 0 bridgehead atoms. The van der Waals surface area contributed by atoms with Gasteiger partial charge in [0.1, 0.15) is 12.7 Å². The fourth-order valence-corrected chi connectivity index (χ4v) is 8.30. The SMILES string of the molecule is C[C@]12C=CC(=O)CC1=CC[C@H]1[C@@H]3C[C@@H](O)[C@](O)(C(=O)COC(=O)NCC(=O)NCCCCC(CO[N+](=O)[O-])O[N+](=O)[O-])[C@@]3(C)C[C@H](O)[C@@]12F. The molecule has 1 unspecified atom stereocenters. The van der Waals surface area contributed by atoms with Gasteiger partial charge >= 0.3 is 6.09 Å². The van der Waals surface area contributed by atoms with Crippen molar-refractivity contribution in [2.75, 3.05) is 26.3 Å². The fraction of sp³-hybridized carbons (Fsp3) is 0.733. The first-order valence-corrected chi connectivity index (χ1v) is 15.9. The molecule has 18 nitrogen and oxygen atoms in total. The largest absolute Gasteiger partial charge is 0.441 e. The van der Waals surface area contributed by atoms with Crippen LogP contribution in [0.2, 0.25) is 0 Å². The number of unbranched alkanes of at least 4 members (excludes halogenated alkanes) is 1. The molecule has 272 valence electrons. The van der Waals surface area contributed by atoms with Crippen molar-refractivity contribution >= 4 is 23.6 Å². The highest BCUT2D eigenvalue weighted by atomic mass is 19.1. The summed E-state index contributed by atoms with van der Waals surface area (Å²) in [6.45, 7) is 0.983. The average molecular weight is 701 g/mol. The van der Waals surface area contributed by atoms with E-state index in [1.807, 2.05) is 0 Å². The zero-order chi connectivity index (χ0) is 36.4. The normalized spacial score (nSPS) is 35.1. The molecule has 0 radical (unpaired) electrons. The number of halogens is 1. The predicted molar refractivity (Wildman–Crippen MR) is 161 cm³/mol. The van der Waals surface area contributed by atoms with E-state index in [2.05, 4.69) is 20.3 Å². The van der Waals surface area contributed by atoms with Gasteiger partial charge in [-0.1, -0.05) is 24.6 Å². The Labute approximate surface area is 279 Å². The Morgan fingerprint density at radius 2 is 1.82 bits per heavy atom. The summed E-state index contributed by atoms with van der Waals surface area (Å²) in [6, 6.07) is 0. The molecule has 4 rings (SSSR count). The Hall–Kier alpha value is -4.23. The first kappa shape index (κ1) is 37.6. The molecule has 19 heteroatoms. The first-order valence-electron chi connectivity index (χ1n) is 15.9. The second kappa shape index (κ2) is 14.3.